The highest BCUT2D eigenvalue weighted by Crippen LogP contribution is 2.50. The van der Waals surface area contributed by atoms with Crippen molar-refractivity contribution >= 4 is 0 Å². The fourth-order valence-corrected chi connectivity index (χ4v) is 5.62. The Balaban J connectivity index is 2.32. The molecule has 0 aromatic heterocycles. The van der Waals surface area contributed by atoms with E-state index in [0.717, 1.165) is 23.8 Å². The molecule has 0 aromatic carbocycles. The number of unbranched alkanes of at least 4 members (excludes halogenated alkanes) is 1. The lowest BCUT2D eigenvalue weighted by atomic mass is 9.61. The monoisotopic (exact) mass is 293 g/mol. The average molecular weight is 294 g/mol. The van der Waals surface area contributed by atoms with Gasteiger partial charge < -0.3 is 0 Å². The van der Waals surface area contributed by atoms with E-state index >= 15 is 0 Å². The molecule has 1 heterocycles. The molecular formula is C20H39N. The molecule has 0 spiro atoms. The molecule has 1 nitrogen and oxygen atoms in total. The van der Waals surface area contributed by atoms with Gasteiger partial charge in [-0.05, 0) is 56.4 Å². The van der Waals surface area contributed by atoms with Gasteiger partial charge >= 0.3 is 0 Å². The Hall–Kier alpha value is -0.0400. The van der Waals surface area contributed by atoms with Gasteiger partial charge in [0.2, 0.25) is 0 Å². The highest BCUT2D eigenvalue weighted by Gasteiger charge is 2.51. The van der Waals surface area contributed by atoms with Crippen LogP contribution in [0.2, 0.25) is 0 Å². The fraction of sp³-hybridized carbons (Fsp3) is 1.00. The summed E-state index contributed by atoms with van der Waals surface area (Å²) in [7, 11) is 0. The SMILES string of the molecule is CCCCN1C2CCCCC2C(CC)CC1(CC)C(C)C. The molecule has 124 valence electrons. The summed E-state index contributed by atoms with van der Waals surface area (Å²) in [6.45, 7) is 13.6. The second kappa shape index (κ2) is 7.49. The molecule has 4 atom stereocenters. The maximum Gasteiger partial charge on any atom is 0.0235 e. The molecule has 1 heteroatoms. The van der Waals surface area contributed by atoms with Gasteiger partial charge in [0.25, 0.3) is 0 Å². The lowest BCUT2D eigenvalue weighted by molar-refractivity contribution is -0.104. The Morgan fingerprint density at radius 3 is 2.38 bits per heavy atom. The smallest absolute Gasteiger partial charge is 0.0235 e. The number of likely N-dealkylation sites (tertiary alicyclic amines) is 1. The summed E-state index contributed by atoms with van der Waals surface area (Å²) in [5.41, 5.74) is 0.481. The molecule has 0 bridgehead atoms. The van der Waals surface area contributed by atoms with Crippen LogP contribution in [0.15, 0.2) is 0 Å². The number of piperidine rings is 1. The number of hydrogen-bond acceptors (Lipinski definition) is 1. The second-order valence-electron chi connectivity index (χ2n) is 8.05. The number of nitrogens with zero attached hydrogens (tertiary/aromatic N) is 1. The van der Waals surface area contributed by atoms with E-state index in [-0.39, 0.29) is 0 Å². The predicted octanol–water partition coefficient (Wildman–Crippen LogP) is 5.88. The molecule has 4 unspecified atom stereocenters. The van der Waals surface area contributed by atoms with Gasteiger partial charge in [-0.3, -0.25) is 4.90 Å². The van der Waals surface area contributed by atoms with Crippen LogP contribution in [-0.2, 0) is 0 Å². The van der Waals surface area contributed by atoms with Crippen LogP contribution in [0.25, 0.3) is 0 Å². The van der Waals surface area contributed by atoms with E-state index in [9.17, 15) is 0 Å². The van der Waals surface area contributed by atoms with Crippen molar-refractivity contribution in [3.05, 3.63) is 0 Å². The molecule has 1 aliphatic carbocycles. The third-order valence-electron chi connectivity index (χ3n) is 6.94. The Morgan fingerprint density at radius 1 is 1.10 bits per heavy atom. The lowest BCUT2D eigenvalue weighted by Crippen LogP contribution is -2.64. The zero-order valence-corrected chi connectivity index (χ0v) is 15.3. The zero-order chi connectivity index (χ0) is 15.5. The van der Waals surface area contributed by atoms with Crippen molar-refractivity contribution in [1.82, 2.24) is 4.90 Å². The van der Waals surface area contributed by atoms with Crippen LogP contribution in [0.4, 0.5) is 0 Å². The third-order valence-corrected chi connectivity index (χ3v) is 6.94. The topological polar surface area (TPSA) is 3.24 Å². The van der Waals surface area contributed by atoms with E-state index in [1.54, 1.807) is 0 Å². The Kier molecular flexibility index (Phi) is 6.17. The van der Waals surface area contributed by atoms with Crippen molar-refractivity contribution in [1.29, 1.82) is 0 Å². The van der Waals surface area contributed by atoms with Gasteiger partial charge in [0, 0.05) is 11.6 Å². The average Bonchev–Trinajstić information content (AvgIpc) is 2.51. The maximum absolute atomic E-state index is 3.02. The normalized spacial score (nSPS) is 37.7. The standard InChI is InChI=1S/C20H39N/c1-6-9-14-21-19-13-11-10-12-18(19)17(7-2)15-20(21,8-3)16(4)5/h16-19H,6-15H2,1-5H3. The molecule has 0 amide bonds. The minimum atomic E-state index is 0.481. The van der Waals surface area contributed by atoms with Gasteiger partial charge in [-0.15, -0.1) is 0 Å². The number of hydrogen-bond donors (Lipinski definition) is 0. The zero-order valence-electron chi connectivity index (χ0n) is 15.3. The summed E-state index contributed by atoms with van der Waals surface area (Å²) in [5, 5.41) is 0. The van der Waals surface area contributed by atoms with Crippen LogP contribution >= 0.6 is 0 Å². The molecule has 2 aliphatic rings. The van der Waals surface area contributed by atoms with Crippen LogP contribution in [0.1, 0.15) is 92.4 Å². The molecule has 0 radical (unpaired) electrons. The molecule has 2 fully saturated rings. The van der Waals surface area contributed by atoms with Crippen LogP contribution < -0.4 is 0 Å². The summed E-state index contributed by atoms with van der Waals surface area (Å²) in [4.78, 5) is 3.02. The van der Waals surface area contributed by atoms with Gasteiger partial charge in [0.15, 0.2) is 0 Å². The first kappa shape index (κ1) is 17.3. The van der Waals surface area contributed by atoms with Gasteiger partial charge in [-0.25, -0.2) is 0 Å². The minimum Gasteiger partial charge on any atom is -0.294 e. The first-order chi connectivity index (χ1) is 10.1. The summed E-state index contributed by atoms with van der Waals surface area (Å²) in [5.74, 6) is 2.77. The first-order valence-electron chi connectivity index (χ1n) is 9.87. The highest BCUT2D eigenvalue weighted by molar-refractivity contribution is 5.05. The third kappa shape index (κ3) is 3.19. The number of fused-ring (bicyclic) bond motifs is 1. The summed E-state index contributed by atoms with van der Waals surface area (Å²) in [6, 6.07) is 0.895. The summed E-state index contributed by atoms with van der Waals surface area (Å²) in [6.07, 6.45) is 12.9. The quantitative estimate of drug-likeness (QED) is 0.591. The van der Waals surface area contributed by atoms with Crippen molar-refractivity contribution in [3.63, 3.8) is 0 Å². The fourth-order valence-electron chi connectivity index (χ4n) is 5.62. The van der Waals surface area contributed by atoms with Gasteiger partial charge in [0.05, 0.1) is 0 Å². The molecule has 1 saturated heterocycles. The van der Waals surface area contributed by atoms with Gasteiger partial charge in [0.1, 0.15) is 0 Å². The minimum absolute atomic E-state index is 0.481. The largest absolute Gasteiger partial charge is 0.294 e. The second-order valence-corrected chi connectivity index (χ2v) is 8.05. The maximum atomic E-state index is 3.02. The first-order valence-corrected chi connectivity index (χ1v) is 9.87. The summed E-state index contributed by atoms with van der Waals surface area (Å²) >= 11 is 0. The Bertz CT molecular complexity index is 311. The van der Waals surface area contributed by atoms with Gasteiger partial charge in [-0.2, -0.15) is 0 Å². The predicted molar refractivity (Wildman–Crippen MR) is 93.6 cm³/mol. The molecule has 1 saturated carbocycles. The van der Waals surface area contributed by atoms with E-state index in [1.807, 2.05) is 0 Å². The van der Waals surface area contributed by atoms with Crippen molar-refractivity contribution in [3.8, 4) is 0 Å². The van der Waals surface area contributed by atoms with Crippen molar-refractivity contribution in [2.45, 2.75) is 104 Å². The van der Waals surface area contributed by atoms with E-state index in [4.69, 9.17) is 0 Å². The highest BCUT2D eigenvalue weighted by atomic mass is 15.2. The number of rotatable bonds is 6. The molecule has 1 aliphatic heterocycles. The molecule has 0 aromatic rings. The lowest BCUT2D eigenvalue weighted by Gasteiger charge is -2.60. The Morgan fingerprint density at radius 2 is 1.81 bits per heavy atom. The molecular weight excluding hydrogens is 254 g/mol. The van der Waals surface area contributed by atoms with Crippen LogP contribution in [0.3, 0.4) is 0 Å². The van der Waals surface area contributed by atoms with Crippen LogP contribution in [-0.4, -0.2) is 23.0 Å². The van der Waals surface area contributed by atoms with E-state index in [2.05, 4.69) is 39.5 Å². The van der Waals surface area contributed by atoms with Crippen LogP contribution in [0.5, 0.6) is 0 Å². The summed E-state index contributed by atoms with van der Waals surface area (Å²) < 4.78 is 0. The Labute approximate surface area is 133 Å². The van der Waals surface area contributed by atoms with E-state index < -0.39 is 0 Å². The van der Waals surface area contributed by atoms with Crippen molar-refractivity contribution in [2.24, 2.45) is 17.8 Å². The molecule has 2 rings (SSSR count). The van der Waals surface area contributed by atoms with Crippen molar-refractivity contribution in [2.75, 3.05) is 6.54 Å². The van der Waals surface area contributed by atoms with E-state index in [1.165, 1.54) is 64.3 Å². The molecule has 0 N–H and O–H groups in total. The van der Waals surface area contributed by atoms with Gasteiger partial charge in [-0.1, -0.05) is 60.3 Å². The van der Waals surface area contributed by atoms with Crippen molar-refractivity contribution < 1.29 is 0 Å². The molecule has 21 heavy (non-hydrogen) atoms. The van der Waals surface area contributed by atoms with Crippen LogP contribution in [0, 0.1) is 17.8 Å². The van der Waals surface area contributed by atoms with E-state index in [0.29, 0.717) is 5.54 Å².